The molecule has 6 nitrogen and oxygen atoms in total. The summed E-state index contributed by atoms with van der Waals surface area (Å²) in [5, 5.41) is 5.08. The van der Waals surface area contributed by atoms with E-state index >= 15 is 4.39 Å². The van der Waals surface area contributed by atoms with E-state index in [0.717, 1.165) is 24.3 Å². The third kappa shape index (κ3) is 5.87. The zero-order valence-electron chi connectivity index (χ0n) is 18.4. The lowest BCUT2D eigenvalue weighted by Crippen LogP contribution is -2.10. The summed E-state index contributed by atoms with van der Waals surface area (Å²) >= 11 is 12.5. The summed E-state index contributed by atoms with van der Waals surface area (Å²) in [7, 11) is 2.74. The van der Waals surface area contributed by atoms with Crippen LogP contribution in [0.15, 0.2) is 49.2 Å². The van der Waals surface area contributed by atoms with E-state index in [2.05, 4.69) is 22.2 Å². The second-order valence-electron chi connectivity index (χ2n) is 6.88. The molecule has 1 amide bonds. The molecule has 2 N–H and O–H groups in total. The molecule has 0 aliphatic heterocycles. The van der Waals surface area contributed by atoms with Gasteiger partial charge in [0.15, 0.2) is 11.6 Å². The number of pyridine rings is 1. The normalized spacial score (nSPS) is 11.1. The Hall–Kier alpha value is -3.69. The number of rotatable bonds is 8. The van der Waals surface area contributed by atoms with E-state index in [1.54, 1.807) is 0 Å². The molecule has 0 unspecified atom stereocenters. The van der Waals surface area contributed by atoms with Gasteiger partial charge in [0.05, 0.1) is 41.2 Å². The van der Waals surface area contributed by atoms with Gasteiger partial charge in [0.25, 0.3) is 0 Å². The minimum absolute atomic E-state index is 0.0260. The number of methoxy groups -OCH3 is 2. The summed E-state index contributed by atoms with van der Waals surface area (Å²) in [5.41, 5.74) is 0.244. The Labute approximate surface area is 209 Å². The van der Waals surface area contributed by atoms with Crippen LogP contribution in [0.1, 0.15) is 11.1 Å². The molecule has 0 bridgehead atoms. The SMILES string of the molecule is C=CC(=O)Nc1cc(F)c(F)cc1Nc1ccc(/C=C(\F)c2c(Cl)c(OC)cc(OC)c2Cl)cn1. The Kier molecular flexibility index (Phi) is 8.26. The highest BCUT2D eigenvalue weighted by molar-refractivity contribution is 6.39. The van der Waals surface area contributed by atoms with E-state index in [9.17, 15) is 13.6 Å². The number of carbonyl (C=O) groups excluding carboxylic acids is 1. The second kappa shape index (κ2) is 11.2. The van der Waals surface area contributed by atoms with Crippen LogP contribution < -0.4 is 20.1 Å². The Morgan fingerprint density at radius 1 is 1.03 bits per heavy atom. The predicted molar refractivity (Wildman–Crippen MR) is 131 cm³/mol. The van der Waals surface area contributed by atoms with Crippen LogP contribution in [0.4, 0.5) is 30.4 Å². The zero-order valence-corrected chi connectivity index (χ0v) is 19.9. The topological polar surface area (TPSA) is 72.5 Å². The van der Waals surface area contributed by atoms with Crippen LogP contribution in [-0.4, -0.2) is 25.1 Å². The van der Waals surface area contributed by atoms with Crippen molar-refractivity contribution in [3.05, 3.63) is 82.0 Å². The minimum Gasteiger partial charge on any atom is -0.495 e. The number of hydrogen-bond donors (Lipinski definition) is 2. The van der Waals surface area contributed by atoms with Gasteiger partial charge in [-0.15, -0.1) is 0 Å². The number of amides is 1. The molecule has 0 aliphatic rings. The van der Waals surface area contributed by atoms with Crippen LogP contribution >= 0.6 is 23.2 Å². The second-order valence-corrected chi connectivity index (χ2v) is 7.64. The van der Waals surface area contributed by atoms with Crippen molar-refractivity contribution in [2.45, 2.75) is 0 Å². The molecular weight excluding hydrogens is 506 g/mol. The van der Waals surface area contributed by atoms with Gasteiger partial charge in [0.2, 0.25) is 5.91 Å². The molecule has 2 aromatic carbocycles. The average Bonchev–Trinajstić information content (AvgIpc) is 2.83. The number of halogens is 5. The maximum absolute atomic E-state index is 15.1. The lowest BCUT2D eigenvalue weighted by atomic mass is 10.1. The number of nitrogens with one attached hydrogen (secondary N) is 2. The maximum atomic E-state index is 15.1. The number of benzene rings is 2. The van der Waals surface area contributed by atoms with Gasteiger partial charge >= 0.3 is 0 Å². The standard InChI is InChI=1S/C24H18Cl2F3N3O3/c1-4-21(33)32-17-9-14(28)13(27)8-16(17)31-20-6-5-12(11-30-20)7-15(29)22-23(25)18(34-2)10-19(35-3)24(22)26/h4-11H,1H2,2-3H3,(H,30,31)(H,32,33)/b15-7-. The third-order valence-electron chi connectivity index (χ3n) is 4.66. The molecule has 0 aliphatic carbocycles. The Morgan fingerprint density at radius 3 is 2.14 bits per heavy atom. The molecule has 0 radical (unpaired) electrons. The number of aromatic nitrogens is 1. The molecule has 0 spiro atoms. The summed E-state index contributed by atoms with van der Waals surface area (Å²) in [4.78, 5) is 15.7. The van der Waals surface area contributed by atoms with Crippen LogP contribution in [-0.2, 0) is 4.79 Å². The molecule has 0 atom stereocenters. The lowest BCUT2D eigenvalue weighted by Gasteiger charge is -2.14. The van der Waals surface area contributed by atoms with Crippen molar-refractivity contribution in [1.29, 1.82) is 0 Å². The van der Waals surface area contributed by atoms with Gasteiger partial charge in [-0.2, -0.15) is 0 Å². The van der Waals surface area contributed by atoms with Crippen LogP contribution in [0, 0.1) is 11.6 Å². The van der Waals surface area contributed by atoms with Gasteiger partial charge in [-0.1, -0.05) is 29.8 Å². The largest absolute Gasteiger partial charge is 0.495 e. The number of nitrogens with zero attached hydrogens (tertiary/aromatic N) is 1. The summed E-state index contributed by atoms with van der Waals surface area (Å²) in [5.74, 6) is -3.10. The van der Waals surface area contributed by atoms with Gasteiger partial charge in [0.1, 0.15) is 23.1 Å². The van der Waals surface area contributed by atoms with Crippen molar-refractivity contribution >= 4 is 58.2 Å². The third-order valence-corrected chi connectivity index (χ3v) is 5.41. The van der Waals surface area contributed by atoms with Gasteiger partial charge < -0.3 is 20.1 Å². The first kappa shape index (κ1) is 25.9. The van der Waals surface area contributed by atoms with Crippen LogP contribution in [0.5, 0.6) is 11.5 Å². The van der Waals surface area contributed by atoms with E-state index in [0.29, 0.717) is 5.56 Å². The van der Waals surface area contributed by atoms with Crippen molar-refractivity contribution in [3.8, 4) is 11.5 Å². The maximum Gasteiger partial charge on any atom is 0.247 e. The fourth-order valence-electron chi connectivity index (χ4n) is 2.95. The predicted octanol–water partition coefficient (Wildman–Crippen LogP) is 7.02. The van der Waals surface area contributed by atoms with E-state index in [4.69, 9.17) is 32.7 Å². The molecule has 1 heterocycles. The fourth-order valence-corrected chi connectivity index (χ4v) is 3.64. The summed E-state index contributed by atoms with van der Waals surface area (Å²) in [6.45, 7) is 3.32. The first-order chi connectivity index (χ1) is 16.7. The molecule has 11 heteroatoms. The molecule has 3 aromatic rings. The van der Waals surface area contributed by atoms with Gasteiger partial charge in [-0.25, -0.2) is 18.2 Å². The molecule has 1 aromatic heterocycles. The Balaban J connectivity index is 1.91. The summed E-state index contributed by atoms with van der Waals surface area (Å²) in [6, 6.07) is 6.10. The van der Waals surface area contributed by atoms with E-state index < -0.39 is 23.4 Å². The molecule has 35 heavy (non-hydrogen) atoms. The number of carbonyl (C=O) groups is 1. The first-order valence-corrected chi connectivity index (χ1v) is 10.6. The van der Waals surface area contributed by atoms with Crippen molar-refractivity contribution in [1.82, 2.24) is 4.98 Å². The molecule has 0 fully saturated rings. The molecule has 0 saturated heterocycles. The van der Waals surface area contributed by atoms with E-state index in [1.807, 2.05) is 0 Å². The Morgan fingerprint density at radius 2 is 1.63 bits per heavy atom. The van der Waals surface area contributed by atoms with Crippen LogP contribution in [0.2, 0.25) is 10.0 Å². The summed E-state index contributed by atoms with van der Waals surface area (Å²) in [6.07, 6.45) is 3.45. The fraction of sp³-hybridized carbons (Fsp3) is 0.0833. The minimum atomic E-state index is -1.15. The molecule has 0 saturated carbocycles. The highest BCUT2D eigenvalue weighted by Crippen LogP contribution is 2.44. The zero-order chi connectivity index (χ0) is 25.7. The molecule has 182 valence electrons. The quantitative estimate of drug-likeness (QED) is 0.310. The highest BCUT2D eigenvalue weighted by atomic mass is 35.5. The average molecular weight is 524 g/mol. The molecular formula is C24H18Cl2F3N3O3. The van der Waals surface area contributed by atoms with Crippen LogP contribution in [0.3, 0.4) is 0 Å². The first-order valence-electron chi connectivity index (χ1n) is 9.81. The summed E-state index contributed by atoms with van der Waals surface area (Å²) < 4.78 is 52.8. The van der Waals surface area contributed by atoms with Crippen molar-refractivity contribution in [2.75, 3.05) is 24.9 Å². The highest BCUT2D eigenvalue weighted by Gasteiger charge is 2.20. The monoisotopic (exact) mass is 523 g/mol. The van der Waals surface area contributed by atoms with Gasteiger partial charge in [0, 0.05) is 24.4 Å². The number of hydrogen-bond acceptors (Lipinski definition) is 5. The number of anilines is 3. The van der Waals surface area contributed by atoms with Crippen molar-refractivity contribution in [3.63, 3.8) is 0 Å². The van der Waals surface area contributed by atoms with Crippen LogP contribution in [0.25, 0.3) is 11.9 Å². The van der Waals surface area contributed by atoms with Gasteiger partial charge in [-0.05, 0) is 29.8 Å². The molecule has 3 rings (SSSR count). The van der Waals surface area contributed by atoms with E-state index in [1.165, 1.54) is 38.6 Å². The van der Waals surface area contributed by atoms with Crippen molar-refractivity contribution < 1.29 is 27.4 Å². The number of ether oxygens (including phenoxy) is 2. The smallest absolute Gasteiger partial charge is 0.247 e. The van der Waals surface area contributed by atoms with E-state index in [-0.39, 0.29) is 44.3 Å². The lowest BCUT2D eigenvalue weighted by molar-refractivity contribution is -0.111. The van der Waals surface area contributed by atoms with Gasteiger partial charge in [-0.3, -0.25) is 4.79 Å². The van der Waals surface area contributed by atoms with Crippen molar-refractivity contribution in [2.24, 2.45) is 0 Å². The Bertz CT molecular complexity index is 1290.